The Kier molecular flexibility index (Phi) is 4.19. The molecule has 96 valence electrons. The van der Waals surface area contributed by atoms with Crippen LogP contribution in [0.15, 0.2) is 41.5 Å². The summed E-state index contributed by atoms with van der Waals surface area (Å²) in [5.74, 6) is 0.364. The molecule has 0 aromatic heterocycles. The van der Waals surface area contributed by atoms with Gasteiger partial charge >= 0.3 is 0 Å². The van der Waals surface area contributed by atoms with Crippen molar-refractivity contribution in [2.45, 2.75) is 39.7 Å². The number of amides is 1. The minimum absolute atomic E-state index is 0.164. The van der Waals surface area contributed by atoms with Crippen LogP contribution in [0.2, 0.25) is 0 Å². The summed E-state index contributed by atoms with van der Waals surface area (Å²) in [5, 5.41) is 3.04. The Balaban J connectivity index is 1.86. The summed E-state index contributed by atoms with van der Waals surface area (Å²) in [5.41, 5.74) is 4.01. The molecule has 0 radical (unpaired) electrons. The Bertz CT molecular complexity index is 447. The van der Waals surface area contributed by atoms with E-state index in [1.54, 1.807) is 0 Å². The molecule has 0 saturated heterocycles. The van der Waals surface area contributed by atoms with Crippen molar-refractivity contribution in [3.8, 4) is 0 Å². The number of allylic oxidation sites excluding steroid dienone is 2. The summed E-state index contributed by atoms with van der Waals surface area (Å²) in [6, 6.07) is 10.1. The van der Waals surface area contributed by atoms with Gasteiger partial charge < -0.3 is 5.32 Å². The smallest absolute Gasteiger partial charge is 0.223 e. The Morgan fingerprint density at radius 3 is 2.61 bits per heavy atom. The third-order valence-corrected chi connectivity index (χ3v) is 3.83. The molecule has 0 bridgehead atoms. The zero-order valence-electron chi connectivity index (χ0n) is 11.2. The van der Waals surface area contributed by atoms with Crippen molar-refractivity contribution in [3.05, 3.63) is 47.0 Å². The Morgan fingerprint density at radius 2 is 1.94 bits per heavy atom. The lowest BCUT2D eigenvalue weighted by Gasteiger charge is -2.23. The van der Waals surface area contributed by atoms with Gasteiger partial charge in [-0.25, -0.2) is 0 Å². The molecule has 0 fully saturated rings. The van der Waals surface area contributed by atoms with E-state index in [4.69, 9.17) is 0 Å². The number of nitrogens with one attached hydrogen (secondary N) is 1. The first-order valence-corrected chi connectivity index (χ1v) is 6.63. The largest absolute Gasteiger partial charge is 0.352 e. The zero-order chi connectivity index (χ0) is 13.0. The molecule has 1 amide bonds. The van der Waals surface area contributed by atoms with E-state index in [1.807, 2.05) is 30.3 Å². The molecule has 1 aliphatic rings. The maximum Gasteiger partial charge on any atom is 0.223 e. The van der Waals surface area contributed by atoms with Gasteiger partial charge in [0, 0.05) is 12.5 Å². The van der Waals surface area contributed by atoms with Gasteiger partial charge in [-0.2, -0.15) is 0 Å². The van der Waals surface area contributed by atoms with Crippen molar-refractivity contribution in [2.24, 2.45) is 5.92 Å². The van der Waals surface area contributed by atoms with Crippen molar-refractivity contribution in [3.63, 3.8) is 0 Å². The van der Waals surface area contributed by atoms with Crippen LogP contribution in [0.1, 0.15) is 38.7 Å². The maximum atomic E-state index is 12.1. The van der Waals surface area contributed by atoms with Gasteiger partial charge in [0.25, 0.3) is 0 Å². The van der Waals surface area contributed by atoms with Crippen LogP contribution < -0.4 is 5.32 Å². The van der Waals surface area contributed by atoms with Gasteiger partial charge in [-0.05, 0) is 38.7 Å². The molecule has 2 heteroatoms. The highest BCUT2D eigenvalue weighted by molar-refractivity contribution is 5.79. The second kappa shape index (κ2) is 5.85. The van der Waals surface area contributed by atoms with E-state index in [0.717, 1.165) is 24.8 Å². The highest BCUT2D eigenvalue weighted by atomic mass is 16.1. The summed E-state index contributed by atoms with van der Waals surface area (Å²) >= 11 is 0. The van der Waals surface area contributed by atoms with Gasteiger partial charge in [0.15, 0.2) is 0 Å². The lowest BCUT2D eigenvalue weighted by molar-refractivity contribution is -0.125. The first-order chi connectivity index (χ1) is 8.66. The molecule has 0 aliphatic heterocycles. The van der Waals surface area contributed by atoms with Gasteiger partial charge in [-0.15, -0.1) is 0 Å². The van der Waals surface area contributed by atoms with Crippen LogP contribution in [0.5, 0.6) is 0 Å². The molecule has 0 heterocycles. The minimum Gasteiger partial charge on any atom is -0.352 e. The number of hydrogen-bond acceptors (Lipinski definition) is 1. The highest BCUT2D eigenvalue weighted by Gasteiger charge is 2.22. The van der Waals surface area contributed by atoms with Crippen LogP contribution >= 0.6 is 0 Å². The molecule has 2 nitrogen and oxygen atoms in total. The van der Waals surface area contributed by atoms with Crippen LogP contribution in [0, 0.1) is 5.92 Å². The van der Waals surface area contributed by atoms with E-state index < -0.39 is 0 Å². The molecule has 1 atom stereocenters. The normalized spacial score (nSPS) is 19.8. The van der Waals surface area contributed by atoms with Crippen LogP contribution in [-0.2, 0) is 11.3 Å². The summed E-state index contributed by atoms with van der Waals surface area (Å²) in [6.07, 6.45) is 2.98. The summed E-state index contributed by atoms with van der Waals surface area (Å²) in [6.45, 7) is 4.96. The van der Waals surface area contributed by atoms with Crippen molar-refractivity contribution >= 4 is 5.91 Å². The molecule has 1 aromatic rings. The monoisotopic (exact) mass is 243 g/mol. The Morgan fingerprint density at radius 1 is 1.22 bits per heavy atom. The van der Waals surface area contributed by atoms with Gasteiger partial charge in [-0.3, -0.25) is 4.79 Å². The third kappa shape index (κ3) is 3.22. The summed E-state index contributed by atoms with van der Waals surface area (Å²) in [4.78, 5) is 12.1. The molecular weight excluding hydrogens is 222 g/mol. The van der Waals surface area contributed by atoms with E-state index in [0.29, 0.717) is 6.54 Å². The lowest BCUT2D eigenvalue weighted by atomic mass is 9.84. The SMILES string of the molecule is CC1=C(C)C[C@@H](C(=O)NCc2ccccc2)CC1. The second-order valence-corrected chi connectivity index (χ2v) is 5.20. The van der Waals surface area contributed by atoms with Crippen LogP contribution in [0.4, 0.5) is 0 Å². The van der Waals surface area contributed by atoms with Crippen LogP contribution in [-0.4, -0.2) is 5.91 Å². The maximum absolute atomic E-state index is 12.1. The number of rotatable bonds is 3. The van der Waals surface area contributed by atoms with Gasteiger partial charge in [0.1, 0.15) is 0 Å². The van der Waals surface area contributed by atoms with Crippen molar-refractivity contribution in [2.75, 3.05) is 0 Å². The van der Waals surface area contributed by atoms with Crippen molar-refractivity contribution < 1.29 is 4.79 Å². The zero-order valence-corrected chi connectivity index (χ0v) is 11.2. The first-order valence-electron chi connectivity index (χ1n) is 6.63. The Labute approximate surface area is 109 Å². The average Bonchev–Trinajstić information content (AvgIpc) is 2.40. The number of carbonyl (C=O) groups excluding carboxylic acids is 1. The fourth-order valence-electron chi connectivity index (χ4n) is 2.40. The first kappa shape index (κ1) is 12.9. The molecular formula is C16H21NO. The minimum atomic E-state index is 0.164. The molecule has 1 N–H and O–H groups in total. The Hall–Kier alpha value is -1.57. The molecule has 1 aliphatic carbocycles. The fraction of sp³-hybridized carbons (Fsp3) is 0.438. The quantitative estimate of drug-likeness (QED) is 0.810. The molecule has 0 unspecified atom stereocenters. The number of carbonyl (C=O) groups is 1. The predicted molar refractivity (Wildman–Crippen MR) is 74.0 cm³/mol. The predicted octanol–water partition coefficient (Wildman–Crippen LogP) is 3.44. The highest BCUT2D eigenvalue weighted by Crippen LogP contribution is 2.28. The number of benzene rings is 1. The molecule has 0 spiro atoms. The standard InChI is InChI=1S/C16H21NO/c1-12-8-9-15(10-13(12)2)16(18)17-11-14-6-4-3-5-7-14/h3-7,15H,8-11H2,1-2H3,(H,17,18)/t15-/m0/s1. The van der Waals surface area contributed by atoms with E-state index in [-0.39, 0.29) is 11.8 Å². The average molecular weight is 243 g/mol. The molecule has 2 rings (SSSR count). The summed E-state index contributed by atoms with van der Waals surface area (Å²) in [7, 11) is 0. The van der Waals surface area contributed by atoms with Gasteiger partial charge in [0.2, 0.25) is 5.91 Å². The van der Waals surface area contributed by atoms with Crippen molar-refractivity contribution in [1.29, 1.82) is 0 Å². The third-order valence-electron chi connectivity index (χ3n) is 3.83. The molecule has 1 aromatic carbocycles. The topological polar surface area (TPSA) is 29.1 Å². The lowest BCUT2D eigenvalue weighted by Crippen LogP contribution is -2.31. The van der Waals surface area contributed by atoms with E-state index in [1.165, 1.54) is 11.1 Å². The van der Waals surface area contributed by atoms with Gasteiger partial charge in [0.05, 0.1) is 0 Å². The molecule has 0 saturated carbocycles. The van der Waals surface area contributed by atoms with E-state index in [2.05, 4.69) is 19.2 Å². The number of hydrogen-bond donors (Lipinski definition) is 1. The molecule has 18 heavy (non-hydrogen) atoms. The second-order valence-electron chi connectivity index (χ2n) is 5.20. The van der Waals surface area contributed by atoms with E-state index >= 15 is 0 Å². The van der Waals surface area contributed by atoms with Gasteiger partial charge in [-0.1, -0.05) is 41.5 Å². The fourth-order valence-corrected chi connectivity index (χ4v) is 2.40. The van der Waals surface area contributed by atoms with E-state index in [9.17, 15) is 4.79 Å². The summed E-state index contributed by atoms with van der Waals surface area (Å²) < 4.78 is 0. The van der Waals surface area contributed by atoms with Crippen LogP contribution in [0.3, 0.4) is 0 Å². The van der Waals surface area contributed by atoms with Crippen LogP contribution in [0.25, 0.3) is 0 Å². The van der Waals surface area contributed by atoms with Crippen molar-refractivity contribution in [1.82, 2.24) is 5.32 Å².